The van der Waals surface area contributed by atoms with E-state index in [4.69, 9.17) is 9.47 Å². The molecule has 7 heteroatoms. The molecular formula is C48H56FN3O3. The molecule has 0 bridgehead atoms. The van der Waals surface area contributed by atoms with Crippen molar-refractivity contribution in [2.75, 3.05) is 32.6 Å². The number of fused-ring (bicyclic) bond motifs is 1. The van der Waals surface area contributed by atoms with Gasteiger partial charge in [0.25, 0.3) is 0 Å². The van der Waals surface area contributed by atoms with Crippen LogP contribution in [0, 0.1) is 5.82 Å². The van der Waals surface area contributed by atoms with Crippen LogP contribution in [0.4, 0.5) is 10.1 Å². The zero-order chi connectivity index (χ0) is 38.7. The number of rotatable bonds is 18. The average Bonchev–Trinajstić information content (AvgIpc) is 3.21. The summed E-state index contributed by atoms with van der Waals surface area (Å²) in [6, 6.07) is 41.7. The maximum absolute atomic E-state index is 13.4. The highest BCUT2D eigenvalue weighted by atomic mass is 19.1. The number of benzene rings is 5. The fourth-order valence-corrected chi connectivity index (χ4v) is 8.49. The van der Waals surface area contributed by atoms with Crippen molar-refractivity contribution in [2.45, 2.75) is 82.2 Å². The molecule has 288 valence electrons. The molecule has 3 N–H and O–H groups in total. The van der Waals surface area contributed by atoms with Crippen molar-refractivity contribution in [1.82, 2.24) is 10.6 Å². The topological polar surface area (TPSA) is 71.6 Å². The molecule has 1 atom stereocenters. The van der Waals surface area contributed by atoms with Gasteiger partial charge in [0.2, 0.25) is 5.91 Å². The number of aryl methyl sites for hydroxylation is 1. The highest BCUT2D eigenvalue weighted by molar-refractivity contribution is 5.76. The molecule has 5 aromatic carbocycles. The van der Waals surface area contributed by atoms with E-state index in [-0.39, 0.29) is 17.1 Å². The molecule has 0 aliphatic carbocycles. The number of anilines is 1. The monoisotopic (exact) mass is 741 g/mol. The summed E-state index contributed by atoms with van der Waals surface area (Å²) in [7, 11) is 3.40. The van der Waals surface area contributed by atoms with Crippen LogP contribution in [0.15, 0.2) is 121 Å². The van der Waals surface area contributed by atoms with Gasteiger partial charge in [-0.25, -0.2) is 4.39 Å². The average molecular weight is 742 g/mol. The van der Waals surface area contributed by atoms with Gasteiger partial charge in [0.1, 0.15) is 5.82 Å². The van der Waals surface area contributed by atoms with Gasteiger partial charge in [-0.15, -0.1) is 0 Å². The lowest BCUT2D eigenvalue weighted by molar-refractivity contribution is -0.121. The third kappa shape index (κ3) is 9.40. The minimum Gasteiger partial charge on any atom is -0.493 e. The van der Waals surface area contributed by atoms with Crippen molar-refractivity contribution in [3.05, 3.63) is 161 Å². The molecule has 6 nitrogen and oxygen atoms in total. The fraction of sp³-hybridized carbons (Fsp3) is 0.354. The number of nitrogens with one attached hydrogen (secondary N) is 3. The van der Waals surface area contributed by atoms with E-state index in [0.29, 0.717) is 25.4 Å². The van der Waals surface area contributed by atoms with Gasteiger partial charge in [-0.2, -0.15) is 0 Å². The molecule has 1 unspecified atom stereocenters. The summed E-state index contributed by atoms with van der Waals surface area (Å²) >= 11 is 0. The second-order valence-electron chi connectivity index (χ2n) is 15.1. The van der Waals surface area contributed by atoms with Crippen LogP contribution >= 0.6 is 0 Å². The molecule has 1 aliphatic rings. The smallest absolute Gasteiger partial charge is 0.220 e. The quantitative estimate of drug-likeness (QED) is 0.0781. The first-order chi connectivity index (χ1) is 26.8. The molecule has 0 radical (unpaired) electrons. The minimum absolute atomic E-state index is 0.0139. The van der Waals surface area contributed by atoms with E-state index in [1.54, 1.807) is 26.4 Å². The second-order valence-corrected chi connectivity index (χ2v) is 15.1. The normalized spacial score (nSPS) is 15.3. The van der Waals surface area contributed by atoms with Gasteiger partial charge in [0.15, 0.2) is 11.5 Å². The Morgan fingerprint density at radius 1 is 0.818 bits per heavy atom. The summed E-state index contributed by atoms with van der Waals surface area (Å²) < 4.78 is 25.0. The van der Waals surface area contributed by atoms with E-state index in [9.17, 15) is 9.18 Å². The second kappa shape index (κ2) is 18.5. The molecule has 55 heavy (non-hydrogen) atoms. The molecule has 1 amide bonds. The Morgan fingerprint density at radius 3 is 2.05 bits per heavy atom. The van der Waals surface area contributed by atoms with Crippen LogP contribution in [0.3, 0.4) is 0 Å². The number of hydrogen-bond acceptors (Lipinski definition) is 5. The predicted molar refractivity (Wildman–Crippen MR) is 222 cm³/mol. The van der Waals surface area contributed by atoms with Crippen LogP contribution in [0.1, 0.15) is 85.8 Å². The molecule has 6 rings (SSSR count). The molecule has 0 aromatic heterocycles. The molecule has 0 fully saturated rings. The largest absolute Gasteiger partial charge is 0.493 e. The summed E-state index contributed by atoms with van der Waals surface area (Å²) in [4.78, 5) is 12.9. The van der Waals surface area contributed by atoms with Gasteiger partial charge in [0.05, 0.1) is 19.8 Å². The fourth-order valence-electron chi connectivity index (χ4n) is 8.49. The van der Waals surface area contributed by atoms with E-state index in [0.717, 1.165) is 67.8 Å². The number of carbonyl (C=O) groups excluding carboxylic acids is 1. The van der Waals surface area contributed by atoms with Crippen molar-refractivity contribution in [3.8, 4) is 11.5 Å². The summed E-state index contributed by atoms with van der Waals surface area (Å²) in [6.07, 6.45) is 6.26. The Labute approximate surface area is 326 Å². The Bertz CT molecular complexity index is 1930. The van der Waals surface area contributed by atoms with Crippen molar-refractivity contribution in [3.63, 3.8) is 0 Å². The molecule has 0 saturated heterocycles. The van der Waals surface area contributed by atoms with Crippen LogP contribution in [0.5, 0.6) is 11.5 Å². The molecule has 5 aromatic rings. The van der Waals surface area contributed by atoms with Crippen molar-refractivity contribution in [1.29, 1.82) is 0 Å². The Balaban J connectivity index is 1.29. The number of methoxy groups -OCH3 is 2. The summed E-state index contributed by atoms with van der Waals surface area (Å²) in [6.45, 7) is 5.74. The lowest BCUT2D eigenvalue weighted by atomic mass is 9.66. The SMILES string of the molecule is COc1cc2c(cc1OC)C(CCCC(CCCNC(=O)CCc1ccc(F)cc1)(c1ccccc1)c1ccccc1)(c1ccc(NC(C)C)cc1)NCC2. The zero-order valence-corrected chi connectivity index (χ0v) is 32.8. The predicted octanol–water partition coefficient (Wildman–Crippen LogP) is 9.74. The number of halogens is 1. The van der Waals surface area contributed by atoms with Crippen LogP contribution in [-0.2, 0) is 28.6 Å². The van der Waals surface area contributed by atoms with Crippen molar-refractivity contribution >= 4 is 11.6 Å². The molecule has 1 heterocycles. The van der Waals surface area contributed by atoms with Crippen LogP contribution in [0.25, 0.3) is 0 Å². The third-order valence-electron chi connectivity index (χ3n) is 11.2. The number of carbonyl (C=O) groups is 1. The van der Waals surface area contributed by atoms with Gasteiger partial charge in [-0.3, -0.25) is 4.79 Å². The molecule has 0 spiro atoms. The van der Waals surface area contributed by atoms with Gasteiger partial charge < -0.3 is 25.4 Å². The van der Waals surface area contributed by atoms with Crippen molar-refractivity contribution < 1.29 is 18.7 Å². The lowest BCUT2D eigenvalue weighted by Gasteiger charge is -2.43. The summed E-state index contributed by atoms with van der Waals surface area (Å²) in [5.74, 6) is 1.23. The Morgan fingerprint density at radius 2 is 1.44 bits per heavy atom. The standard InChI is InChI=1S/C48H56FN3O3/c1-35(2)52-42-24-20-40(21-25-42)48(43-34-45(55-4)44(54-3)33-37(43)27-32-51-48)30-11-28-47(38-13-7-5-8-14-38,39-15-9-6-10-16-39)29-12-31-50-46(53)26-19-36-17-22-41(49)23-18-36/h5-10,13-18,20-25,33-35,51-52H,11-12,19,26-32H2,1-4H3,(H,50,53). The molecule has 0 saturated carbocycles. The van der Waals surface area contributed by atoms with E-state index in [2.05, 4.69) is 127 Å². The van der Waals surface area contributed by atoms with Crippen LogP contribution < -0.4 is 25.4 Å². The van der Waals surface area contributed by atoms with E-state index in [1.807, 2.05) is 0 Å². The number of ether oxygens (including phenoxy) is 2. The third-order valence-corrected chi connectivity index (χ3v) is 11.2. The van der Waals surface area contributed by atoms with E-state index in [1.165, 1.54) is 39.9 Å². The lowest BCUT2D eigenvalue weighted by Crippen LogP contribution is -2.48. The van der Waals surface area contributed by atoms with Crippen LogP contribution in [-0.4, -0.2) is 39.3 Å². The van der Waals surface area contributed by atoms with E-state index < -0.39 is 5.54 Å². The summed E-state index contributed by atoms with van der Waals surface area (Å²) in [5, 5.41) is 10.8. The first-order valence-corrected chi connectivity index (χ1v) is 19.8. The van der Waals surface area contributed by atoms with Gasteiger partial charge >= 0.3 is 0 Å². The maximum atomic E-state index is 13.4. The first-order valence-electron chi connectivity index (χ1n) is 19.8. The highest BCUT2D eigenvalue weighted by Crippen LogP contribution is 2.47. The van der Waals surface area contributed by atoms with Crippen LogP contribution in [0.2, 0.25) is 0 Å². The number of hydrogen-bond donors (Lipinski definition) is 3. The van der Waals surface area contributed by atoms with Gasteiger partial charge in [-0.05, 0) is 129 Å². The highest BCUT2D eigenvalue weighted by Gasteiger charge is 2.41. The van der Waals surface area contributed by atoms with Crippen molar-refractivity contribution in [2.24, 2.45) is 0 Å². The molecule has 1 aliphatic heterocycles. The zero-order valence-electron chi connectivity index (χ0n) is 32.8. The van der Waals surface area contributed by atoms with Gasteiger partial charge in [0, 0.05) is 36.7 Å². The summed E-state index contributed by atoms with van der Waals surface area (Å²) in [5.41, 5.74) is 7.63. The van der Waals surface area contributed by atoms with E-state index >= 15 is 0 Å². The first kappa shape index (κ1) is 39.6. The molecular weight excluding hydrogens is 686 g/mol. The Kier molecular flexibility index (Phi) is 13.3. The Hall–Kier alpha value is -5.14. The maximum Gasteiger partial charge on any atom is 0.220 e. The minimum atomic E-state index is -0.443. The number of amides is 1. The van der Waals surface area contributed by atoms with Gasteiger partial charge in [-0.1, -0.05) is 84.9 Å².